The summed E-state index contributed by atoms with van der Waals surface area (Å²) in [6, 6.07) is 11.2. The number of aryl methyl sites for hydroxylation is 2. The second-order valence-electron chi connectivity index (χ2n) is 5.54. The number of rotatable bonds is 4. The van der Waals surface area contributed by atoms with Crippen molar-refractivity contribution in [2.45, 2.75) is 20.5 Å². The molecular weight excluding hydrogens is 310 g/mol. The van der Waals surface area contributed by atoms with Gasteiger partial charge in [0.05, 0.1) is 4.92 Å². The molecule has 0 radical (unpaired) electrons. The zero-order valence-electron chi connectivity index (χ0n) is 13.2. The Balaban J connectivity index is 2.01. The monoisotopic (exact) mass is 325 g/mol. The van der Waals surface area contributed by atoms with Crippen LogP contribution in [0.5, 0.6) is 5.75 Å². The van der Waals surface area contributed by atoms with Gasteiger partial charge >= 0.3 is 11.3 Å². The molecule has 1 aromatic heterocycles. The minimum Gasteiger partial charge on any atom is -0.482 e. The lowest BCUT2D eigenvalue weighted by Crippen LogP contribution is -2.05. The largest absolute Gasteiger partial charge is 0.482 e. The summed E-state index contributed by atoms with van der Waals surface area (Å²) in [5, 5.41) is 11.8. The summed E-state index contributed by atoms with van der Waals surface area (Å²) in [4.78, 5) is 22.3. The molecule has 0 aliphatic carbocycles. The predicted octanol–water partition coefficient (Wildman–Crippen LogP) is 3.90. The number of ether oxygens (including phenoxy) is 1. The van der Waals surface area contributed by atoms with E-state index in [0.717, 1.165) is 16.5 Å². The van der Waals surface area contributed by atoms with Crippen LogP contribution in [-0.2, 0) is 6.61 Å². The highest BCUT2D eigenvalue weighted by Gasteiger charge is 2.15. The van der Waals surface area contributed by atoms with Crippen molar-refractivity contribution in [1.82, 2.24) is 0 Å². The molecule has 0 aliphatic heterocycles. The van der Waals surface area contributed by atoms with Crippen LogP contribution in [0.3, 0.4) is 0 Å². The molecule has 0 spiro atoms. The van der Waals surface area contributed by atoms with Crippen molar-refractivity contribution >= 4 is 16.7 Å². The van der Waals surface area contributed by atoms with E-state index in [1.807, 2.05) is 19.9 Å². The molecule has 6 nitrogen and oxygen atoms in total. The van der Waals surface area contributed by atoms with Crippen LogP contribution in [0.2, 0.25) is 0 Å². The number of nitro benzene ring substituents is 1. The van der Waals surface area contributed by atoms with Crippen LogP contribution >= 0.6 is 0 Å². The van der Waals surface area contributed by atoms with Gasteiger partial charge in [0.25, 0.3) is 0 Å². The van der Waals surface area contributed by atoms with E-state index in [9.17, 15) is 14.9 Å². The summed E-state index contributed by atoms with van der Waals surface area (Å²) < 4.78 is 10.8. The lowest BCUT2D eigenvalue weighted by molar-refractivity contribution is -0.385. The fourth-order valence-electron chi connectivity index (χ4n) is 2.49. The molecule has 0 saturated heterocycles. The van der Waals surface area contributed by atoms with Gasteiger partial charge in [-0.1, -0.05) is 12.1 Å². The van der Waals surface area contributed by atoms with Crippen molar-refractivity contribution < 1.29 is 14.1 Å². The summed E-state index contributed by atoms with van der Waals surface area (Å²) in [5.41, 5.74) is 2.59. The van der Waals surface area contributed by atoms with Crippen molar-refractivity contribution in [1.29, 1.82) is 0 Å². The van der Waals surface area contributed by atoms with Crippen molar-refractivity contribution in [2.75, 3.05) is 0 Å². The molecule has 0 bridgehead atoms. The molecule has 6 heteroatoms. The highest BCUT2D eigenvalue weighted by molar-refractivity contribution is 5.81. The van der Waals surface area contributed by atoms with Crippen molar-refractivity contribution in [3.05, 3.63) is 79.7 Å². The second-order valence-corrected chi connectivity index (χ2v) is 5.54. The Morgan fingerprint density at radius 2 is 1.83 bits per heavy atom. The molecule has 0 fully saturated rings. The third-order valence-electron chi connectivity index (χ3n) is 3.89. The first-order chi connectivity index (χ1) is 11.5. The maximum Gasteiger partial charge on any atom is 0.336 e. The molecule has 3 rings (SSSR count). The average Bonchev–Trinajstić information content (AvgIpc) is 2.54. The van der Waals surface area contributed by atoms with Crippen LogP contribution < -0.4 is 10.4 Å². The topological polar surface area (TPSA) is 82.6 Å². The van der Waals surface area contributed by atoms with E-state index < -0.39 is 10.5 Å². The summed E-state index contributed by atoms with van der Waals surface area (Å²) in [6.07, 6.45) is 0. The average molecular weight is 325 g/mol. The van der Waals surface area contributed by atoms with E-state index in [2.05, 4.69) is 0 Å². The highest BCUT2D eigenvalue weighted by atomic mass is 16.6. The number of fused-ring (bicyclic) bond motifs is 1. The van der Waals surface area contributed by atoms with Crippen LogP contribution in [0, 0.1) is 24.0 Å². The molecule has 24 heavy (non-hydrogen) atoms. The van der Waals surface area contributed by atoms with E-state index in [0.29, 0.717) is 11.1 Å². The molecule has 1 heterocycles. The first-order valence-corrected chi connectivity index (χ1v) is 7.36. The van der Waals surface area contributed by atoms with Crippen LogP contribution in [-0.4, -0.2) is 4.92 Å². The maximum absolute atomic E-state index is 11.8. The zero-order chi connectivity index (χ0) is 17.3. The number of benzene rings is 2. The Morgan fingerprint density at radius 3 is 2.58 bits per heavy atom. The van der Waals surface area contributed by atoms with Crippen LogP contribution in [0.4, 0.5) is 5.69 Å². The molecular formula is C18H15NO5. The Labute approximate surface area is 137 Å². The van der Waals surface area contributed by atoms with Crippen molar-refractivity contribution in [3.8, 4) is 5.75 Å². The number of hydrogen-bond acceptors (Lipinski definition) is 5. The molecule has 0 unspecified atom stereocenters. The molecule has 0 aliphatic rings. The van der Waals surface area contributed by atoms with E-state index >= 15 is 0 Å². The number of para-hydroxylation sites is 2. The summed E-state index contributed by atoms with van der Waals surface area (Å²) >= 11 is 0. The molecule has 0 saturated carbocycles. The lowest BCUT2D eigenvalue weighted by atomic mass is 10.0. The maximum atomic E-state index is 11.8. The lowest BCUT2D eigenvalue weighted by Gasteiger charge is -2.10. The highest BCUT2D eigenvalue weighted by Crippen LogP contribution is 2.28. The quantitative estimate of drug-likeness (QED) is 0.413. The number of nitro groups is 1. The molecule has 3 aromatic rings. The summed E-state index contributed by atoms with van der Waals surface area (Å²) in [7, 11) is 0. The van der Waals surface area contributed by atoms with Gasteiger partial charge in [-0.2, -0.15) is 0 Å². The van der Waals surface area contributed by atoms with E-state index in [1.54, 1.807) is 18.2 Å². The molecule has 0 N–H and O–H groups in total. The van der Waals surface area contributed by atoms with Crippen LogP contribution in [0.15, 0.2) is 51.7 Å². The summed E-state index contributed by atoms with van der Waals surface area (Å²) in [5.74, 6) is 0.160. The molecule has 122 valence electrons. The first kappa shape index (κ1) is 15.7. The van der Waals surface area contributed by atoms with Gasteiger partial charge in [-0.15, -0.1) is 0 Å². The van der Waals surface area contributed by atoms with E-state index in [1.165, 1.54) is 18.2 Å². The van der Waals surface area contributed by atoms with Crippen LogP contribution in [0.25, 0.3) is 11.0 Å². The molecule has 0 atom stereocenters. The Morgan fingerprint density at radius 1 is 1.12 bits per heavy atom. The Kier molecular flexibility index (Phi) is 4.04. The second kappa shape index (κ2) is 6.16. The van der Waals surface area contributed by atoms with Crippen molar-refractivity contribution in [3.63, 3.8) is 0 Å². The molecule has 0 amide bonds. The minimum atomic E-state index is -0.500. The molecule has 2 aromatic carbocycles. The minimum absolute atomic E-state index is 0.0372. The third kappa shape index (κ3) is 2.99. The Hall–Kier alpha value is -3.15. The predicted molar refractivity (Wildman–Crippen MR) is 89.4 cm³/mol. The summed E-state index contributed by atoms with van der Waals surface area (Å²) in [6.45, 7) is 3.94. The van der Waals surface area contributed by atoms with Gasteiger partial charge in [0, 0.05) is 23.1 Å². The van der Waals surface area contributed by atoms with Crippen LogP contribution in [0.1, 0.15) is 16.7 Å². The fourth-order valence-corrected chi connectivity index (χ4v) is 2.49. The van der Waals surface area contributed by atoms with Gasteiger partial charge < -0.3 is 9.15 Å². The number of nitrogens with zero attached hydrogens (tertiary/aromatic N) is 1. The standard InChI is InChI=1S/C18H15NO5/c1-11-7-14-13(9-18(20)24-17(14)8-12(11)2)10-23-16-6-4-3-5-15(16)19(21)22/h3-9H,10H2,1-2H3. The van der Waals surface area contributed by atoms with Gasteiger partial charge in [0.15, 0.2) is 5.75 Å². The smallest absolute Gasteiger partial charge is 0.336 e. The zero-order valence-corrected chi connectivity index (χ0v) is 13.2. The van der Waals surface area contributed by atoms with Gasteiger partial charge in [-0.05, 0) is 43.2 Å². The first-order valence-electron chi connectivity index (χ1n) is 7.36. The van der Waals surface area contributed by atoms with Gasteiger partial charge in [0.1, 0.15) is 12.2 Å². The Bertz CT molecular complexity index is 990. The van der Waals surface area contributed by atoms with E-state index in [4.69, 9.17) is 9.15 Å². The van der Waals surface area contributed by atoms with Crippen molar-refractivity contribution in [2.24, 2.45) is 0 Å². The van der Waals surface area contributed by atoms with Gasteiger partial charge in [0.2, 0.25) is 0 Å². The normalized spacial score (nSPS) is 10.8. The van der Waals surface area contributed by atoms with Gasteiger partial charge in [-0.25, -0.2) is 4.79 Å². The fraction of sp³-hybridized carbons (Fsp3) is 0.167. The van der Waals surface area contributed by atoms with Gasteiger partial charge in [-0.3, -0.25) is 10.1 Å². The SMILES string of the molecule is Cc1cc2oc(=O)cc(COc3ccccc3[N+](=O)[O-])c2cc1C. The third-order valence-corrected chi connectivity index (χ3v) is 3.89. The van der Waals surface area contributed by atoms with E-state index in [-0.39, 0.29) is 18.0 Å². The number of hydrogen-bond donors (Lipinski definition) is 0.